The van der Waals surface area contributed by atoms with Crippen molar-refractivity contribution >= 4 is 67.5 Å². The highest BCUT2D eigenvalue weighted by Crippen LogP contribution is 2.37. The molecule has 5 heterocycles. The molecule has 44 heavy (non-hydrogen) atoms. The Kier molecular flexibility index (Phi) is 5.68. The van der Waals surface area contributed by atoms with Gasteiger partial charge < -0.3 is 15.1 Å². The van der Waals surface area contributed by atoms with E-state index in [1.165, 1.54) is 0 Å². The third kappa shape index (κ3) is 3.77. The Morgan fingerprint density at radius 2 is 0.864 bits per heavy atom. The maximum absolute atomic E-state index is 12.3. The van der Waals surface area contributed by atoms with Crippen LogP contribution in [-0.2, 0) is 0 Å². The molecule has 9 rings (SSSR count). The fourth-order valence-corrected chi connectivity index (χ4v) is 5.87. The molecule has 4 aromatic carbocycles. The zero-order chi connectivity index (χ0) is 28.7. The third-order valence-electron chi connectivity index (χ3n) is 7.81. The Balaban J connectivity index is 0.00000289. The summed E-state index contributed by atoms with van der Waals surface area (Å²) in [5, 5.41) is 12.9. The van der Waals surface area contributed by atoms with Crippen LogP contribution in [0.5, 0.6) is 0 Å². The molecule has 8 bridgehead atoms. The summed E-state index contributed by atoms with van der Waals surface area (Å²) in [6.07, 6.45) is 0. The first-order valence-corrected chi connectivity index (χ1v) is 13.6. The summed E-state index contributed by atoms with van der Waals surface area (Å²) < 4.78 is 0. The van der Waals surface area contributed by atoms with Crippen LogP contribution in [0.2, 0.25) is 0 Å². The van der Waals surface area contributed by atoms with Crippen LogP contribution in [0, 0.1) is 0 Å². The van der Waals surface area contributed by atoms with Gasteiger partial charge in [-0.1, -0.05) is 84.9 Å². The molecule has 3 aromatic heterocycles. The number of nitrogens with one attached hydrogen (secondary N) is 2. The van der Waals surface area contributed by atoms with E-state index in [0.29, 0.717) is 56.7 Å². The highest BCUT2D eigenvalue weighted by atomic mass is 27.0. The number of fused-ring (bicyclic) bond motifs is 20. The van der Waals surface area contributed by atoms with E-state index in [1.807, 2.05) is 78.9 Å². The van der Waals surface area contributed by atoms with Crippen LogP contribution in [0.4, 0.5) is 0 Å². The summed E-state index contributed by atoms with van der Waals surface area (Å²) in [7, 11) is 0. The molecular weight excluding hydrogens is 567 g/mol. The Morgan fingerprint density at radius 1 is 0.477 bits per heavy atom. The van der Waals surface area contributed by atoms with Crippen LogP contribution < -0.4 is 0 Å². The highest BCUT2D eigenvalue weighted by molar-refractivity contribution is 6.15. The molecule has 0 fully saturated rings. The largest absolute Gasteiger partial charge is 0.478 e. The molecule has 0 unspecified atom stereocenters. The maximum Gasteiger partial charge on any atom is 0.336 e. The zero-order valence-electron chi connectivity index (χ0n) is 22.2. The van der Waals surface area contributed by atoms with E-state index in [9.17, 15) is 9.90 Å². The second-order valence-electron chi connectivity index (χ2n) is 10.3. The molecule has 0 saturated carbocycles. The molecule has 0 amide bonds. The molecule has 3 N–H and O–H groups in total. The van der Waals surface area contributed by atoms with E-state index in [4.69, 9.17) is 29.9 Å². The number of carboxylic acid groups (broad SMARTS) is 1. The molecule has 11 heteroatoms. The molecule has 0 saturated heterocycles. The number of carboxylic acids is 1. The van der Waals surface area contributed by atoms with E-state index in [0.717, 1.165) is 33.0 Å². The number of hydrogen-bond acceptors (Lipinski definition) is 7. The fourth-order valence-electron chi connectivity index (χ4n) is 5.87. The number of carbonyl (C=O) groups is 1. The van der Waals surface area contributed by atoms with Crippen molar-refractivity contribution in [1.82, 2.24) is 39.9 Å². The lowest BCUT2D eigenvalue weighted by atomic mass is 10.1. The van der Waals surface area contributed by atoms with Crippen molar-refractivity contribution in [1.29, 1.82) is 0 Å². The van der Waals surface area contributed by atoms with Gasteiger partial charge in [-0.25, -0.2) is 34.7 Å². The summed E-state index contributed by atoms with van der Waals surface area (Å²) in [6.45, 7) is 0. The van der Waals surface area contributed by atoms with Gasteiger partial charge >= 0.3 is 5.97 Å². The first-order chi connectivity index (χ1) is 21.1. The van der Waals surface area contributed by atoms with Gasteiger partial charge in [0, 0.05) is 43.8 Å². The molecule has 0 radical (unpaired) electrons. The second kappa shape index (κ2) is 9.64. The van der Waals surface area contributed by atoms with Crippen molar-refractivity contribution in [3.05, 3.63) is 96.6 Å². The van der Waals surface area contributed by atoms with Gasteiger partial charge in [0.1, 0.15) is 22.6 Å². The van der Waals surface area contributed by atoms with Gasteiger partial charge in [-0.2, -0.15) is 0 Å². The van der Waals surface area contributed by atoms with Crippen LogP contribution in [0.1, 0.15) is 10.4 Å². The summed E-state index contributed by atoms with van der Waals surface area (Å²) in [5.41, 5.74) is 5.36. The van der Waals surface area contributed by atoms with Crippen molar-refractivity contribution in [2.75, 3.05) is 0 Å². The maximum atomic E-state index is 12.3. The Hall–Kier alpha value is -5.76. The van der Waals surface area contributed by atoms with Gasteiger partial charge in [0.05, 0.1) is 5.56 Å². The minimum absolute atomic E-state index is 0. The SMILES string of the molecule is O=C(O)c1cccc2c3nc4nc(nc5[nH]c(nc6nc(nc([nH]3)c12)-c1ccccc1-6)c1ccccc51)-c1ccccc1-4.[AlH3]. The first kappa shape index (κ1) is 25.9. The van der Waals surface area contributed by atoms with Crippen LogP contribution in [-0.4, -0.2) is 68.3 Å². The molecule has 0 aliphatic carbocycles. The average molecular weight is 589 g/mol. The molecule has 0 spiro atoms. The topological polar surface area (TPSA) is 146 Å². The highest BCUT2D eigenvalue weighted by Gasteiger charge is 2.22. The van der Waals surface area contributed by atoms with Gasteiger partial charge in [-0.3, -0.25) is 0 Å². The van der Waals surface area contributed by atoms with Crippen LogP contribution >= 0.6 is 0 Å². The zero-order valence-corrected chi connectivity index (χ0v) is 22.2. The molecular formula is C33H21AlN8O2. The average Bonchev–Trinajstić information content (AvgIpc) is 3.76. The predicted molar refractivity (Wildman–Crippen MR) is 173 cm³/mol. The van der Waals surface area contributed by atoms with Crippen LogP contribution in [0.3, 0.4) is 0 Å². The van der Waals surface area contributed by atoms with Crippen LogP contribution in [0.15, 0.2) is 91.0 Å². The predicted octanol–water partition coefficient (Wildman–Crippen LogP) is 5.38. The van der Waals surface area contributed by atoms with Crippen molar-refractivity contribution in [2.24, 2.45) is 0 Å². The van der Waals surface area contributed by atoms with E-state index >= 15 is 0 Å². The normalized spacial score (nSPS) is 11.6. The molecule has 2 aliphatic heterocycles. The minimum Gasteiger partial charge on any atom is -0.478 e. The number of rotatable bonds is 1. The molecule has 10 nitrogen and oxygen atoms in total. The molecule has 2 aliphatic rings. The summed E-state index contributed by atoms with van der Waals surface area (Å²) in [4.78, 5) is 48.5. The lowest BCUT2D eigenvalue weighted by Gasteiger charge is -1.98. The second-order valence-corrected chi connectivity index (χ2v) is 10.3. The van der Waals surface area contributed by atoms with Gasteiger partial charge in [0.15, 0.2) is 40.7 Å². The number of aromatic nitrogens is 8. The minimum atomic E-state index is -1.07. The Morgan fingerprint density at radius 3 is 1.34 bits per heavy atom. The van der Waals surface area contributed by atoms with Crippen LogP contribution in [0.25, 0.3) is 89.7 Å². The van der Waals surface area contributed by atoms with Crippen molar-refractivity contribution in [2.45, 2.75) is 0 Å². The molecule has 0 atom stereocenters. The Bertz CT molecular complexity index is 2510. The fraction of sp³-hybridized carbons (Fsp3) is 0. The quantitative estimate of drug-likeness (QED) is 0.217. The van der Waals surface area contributed by atoms with Gasteiger partial charge in [0.2, 0.25) is 0 Å². The first-order valence-electron chi connectivity index (χ1n) is 13.6. The summed E-state index contributed by atoms with van der Waals surface area (Å²) in [6, 6.07) is 28.5. The summed E-state index contributed by atoms with van der Waals surface area (Å²) >= 11 is 0. The van der Waals surface area contributed by atoms with E-state index < -0.39 is 5.97 Å². The number of aromatic amines is 2. The lowest BCUT2D eigenvalue weighted by Crippen LogP contribution is -1.96. The molecule has 208 valence electrons. The summed E-state index contributed by atoms with van der Waals surface area (Å²) in [5.74, 6) is 0.791. The number of H-pyrrole nitrogens is 2. The molecule has 7 aromatic rings. The number of aromatic carboxylic acids is 1. The number of hydrogen-bond donors (Lipinski definition) is 3. The van der Waals surface area contributed by atoms with Gasteiger partial charge in [-0.15, -0.1) is 0 Å². The van der Waals surface area contributed by atoms with Gasteiger partial charge in [-0.05, 0) is 6.07 Å². The van der Waals surface area contributed by atoms with E-state index in [-0.39, 0.29) is 22.9 Å². The Labute approximate surface area is 258 Å². The number of benzene rings is 4. The van der Waals surface area contributed by atoms with E-state index in [2.05, 4.69) is 9.97 Å². The number of nitrogens with zero attached hydrogens (tertiary/aromatic N) is 6. The lowest BCUT2D eigenvalue weighted by molar-refractivity contribution is 0.0699. The smallest absolute Gasteiger partial charge is 0.336 e. The van der Waals surface area contributed by atoms with E-state index in [1.54, 1.807) is 12.1 Å². The standard InChI is InChI=1S/C33H18N8O2.Al.3H/c42-33(43)23-15-7-14-22-24(23)32-40-30-21-13-6-5-12-20(21)28(38-30)36-26-17-9-2-1-8-16(17)25(34-26)35-27-18-10-3-4-11-19(18)29(37-27)39-31(22)41-32;;;;/h1-15H,(H,42,43)(H2,34,35,36,37,38,39,40,41);;;;. The monoisotopic (exact) mass is 588 g/mol. The third-order valence-corrected chi connectivity index (χ3v) is 7.81. The van der Waals surface area contributed by atoms with Gasteiger partial charge in [0.25, 0.3) is 0 Å². The van der Waals surface area contributed by atoms with Crippen molar-refractivity contribution in [3.8, 4) is 45.6 Å². The van der Waals surface area contributed by atoms with Crippen molar-refractivity contribution < 1.29 is 9.90 Å². The van der Waals surface area contributed by atoms with Crippen molar-refractivity contribution in [3.63, 3.8) is 0 Å².